The van der Waals surface area contributed by atoms with Crippen molar-refractivity contribution >= 4 is 14.3 Å². The SMILES string of the molecule is CC(C)(C)[Si](C)(C)OC1C2CNCC21C(=O)OCc1ccccc1. The summed E-state index contributed by atoms with van der Waals surface area (Å²) in [7, 11) is -1.89. The van der Waals surface area contributed by atoms with E-state index in [9.17, 15) is 4.79 Å². The van der Waals surface area contributed by atoms with Gasteiger partial charge in [0.2, 0.25) is 0 Å². The molecule has 1 saturated heterocycles. The number of benzene rings is 1. The van der Waals surface area contributed by atoms with Gasteiger partial charge in [-0.05, 0) is 23.7 Å². The first kappa shape index (κ1) is 17.6. The Morgan fingerprint density at radius 2 is 1.96 bits per heavy atom. The van der Waals surface area contributed by atoms with E-state index in [1.807, 2.05) is 30.3 Å². The van der Waals surface area contributed by atoms with Gasteiger partial charge in [0, 0.05) is 19.0 Å². The molecule has 1 aliphatic heterocycles. The Labute approximate surface area is 146 Å². The van der Waals surface area contributed by atoms with Crippen LogP contribution in [0.1, 0.15) is 26.3 Å². The van der Waals surface area contributed by atoms with Crippen LogP contribution in [0.3, 0.4) is 0 Å². The summed E-state index contributed by atoms with van der Waals surface area (Å²) in [5.41, 5.74) is 0.553. The standard InChI is InChI=1S/C19H29NO3Si/c1-18(2,3)24(4,5)23-16-15-11-20-13-19(15,16)17(21)22-12-14-9-7-6-8-10-14/h6-10,15-16,20H,11-13H2,1-5H3. The highest BCUT2D eigenvalue weighted by Gasteiger charge is 2.74. The molecule has 0 radical (unpaired) electrons. The number of rotatable bonds is 5. The summed E-state index contributed by atoms with van der Waals surface area (Å²) in [5.74, 6) is 0.153. The van der Waals surface area contributed by atoms with Gasteiger partial charge >= 0.3 is 5.97 Å². The normalized spacial score (nSPS) is 29.2. The molecule has 132 valence electrons. The molecule has 0 spiro atoms. The van der Waals surface area contributed by atoms with Gasteiger partial charge in [0.1, 0.15) is 12.0 Å². The summed E-state index contributed by atoms with van der Waals surface area (Å²) in [6, 6.07) is 9.84. The van der Waals surface area contributed by atoms with E-state index in [1.165, 1.54) is 0 Å². The number of nitrogens with one attached hydrogen (secondary N) is 1. The molecule has 0 bridgehead atoms. The lowest BCUT2D eigenvalue weighted by atomic mass is 10.1. The van der Waals surface area contributed by atoms with Crippen molar-refractivity contribution in [3.8, 4) is 0 Å². The second-order valence-corrected chi connectivity index (χ2v) is 13.4. The lowest BCUT2D eigenvalue weighted by molar-refractivity contribution is -0.152. The summed E-state index contributed by atoms with van der Waals surface area (Å²) in [5, 5.41) is 3.48. The topological polar surface area (TPSA) is 47.6 Å². The van der Waals surface area contributed by atoms with Crippen molar-refractivity contribution < 1.29 is 14.0 Å². The molecule has 1 aromatic carbocycles. The van der Waals surface area contributed by atoms with Gasteiger partial charge < -0.3 is 14.5 Å². The van der Waals surface area contributed by atoms with Crippen molar-refractivity contribution in [3.63, 3.8) is 0 Å². The van der Waals surface area contributed by atoms with Crippen molar-refractivity contribution in [3.05, 3.63) is 35.9 Å². The molecule has 24 heavy (non-hydrogen) atoms. The molecule has 1 saturated carbocycles. The van der Waals surface area contributed by atoms with E-state index in [4.69, 9.17) is 9.16 Å². The van der Waals surface area contributed by atoms with Crippen LogP contribution in [-0.4, -0.2) is 33.5 Å². The maximum atomic E-state index is 12.8. The second kappa shape index (κ2) is 5.97. The van der Waals surface area contributed by atoms with Crippen LogP contribution < -0.4 is 5.32 Å². The third kappa shape index (κ3) is 2.93. The molecule has 1 aromatic rings. The van der Waals surface area contributed by atoms with E-state index >= 15 is 0 Å². The minimum absolute atomic E-state index is 0.0166. The first-order valence-electron chi connectivity index (χ1n) is 8.78. The molecule has 1 aliphatic carbocycles. The Morgan fingerprint density at radius 1 is 1.29 bits per heavy atom. The summed E-state index contributed by atoms with van der Waals surface area (Å²) in [4.78, 5) is 12.8. The molecular formula is C19H29NO3Si. The van der Waals surface area contributed by atoms with Crippen molar-refractivity contribution in [1.82, 2.24) is 5.32 Å². The van der Waals surface area contributed by atoms with E-state index in [-0.39, 0.29) is 23.0 Å². The van der Waals surface area contributed by atoms with Crippen LogP contribution in [0.25, 0.3) is 0 Å². The number of esters is 1. The molecule has 2 fully saturated rings. The highest BCUT2D eigenvalue weighted by atomic mass is 28.4. The van der Waals surface area contributed by atoms with Gasteiger partial charge in [-0.15, -0.1) is 0 Å². The predicted octanol–water partition coefficient (Wildman–Crippen LogP) is 3.34. The number of hydrogen-bond donors (Lipinski definition) is 1. The smallest absolute Gasteiger partial charge is 0.316 e. The Balaban J connectivity index is 1.66. The predicted molar refractivity (Wildman–Crippen MR) is 97.1 cm³/mol. The third-order valence-corrected chi connectivity index (χ3v) is 10.5. The number of piperidine rings is 1. The summed E-state index contributed by atoms with van der Waals surface area (Å²) >= 11 is 0. The maximum Gasteiger partial charge on any atom is 0.316 e. The minimum Gasteiger partial charge on any atom is -0.460 e. The third-order valence-electron chi connectivity index (χ3n) is 6.03. The van der Waals surface area contributed by atoms with Crippen LogP contribution in [0.15, 0.2) is 30.3 Å². The van der Waals surface area contributed by atoms with Gasteiger partial charge in [0.25, 0.3) is 0 Å². The van der Waals surface area contributed by atoms with Crippen LogP contribution in [0, 0.1) is 11.3 Å². The first-order valence-corrected chi connectivity index (χ1v) is 11.7. The Bertz CT molecular complexity index is 611. The number of ether oxygens (including phenoxy) is 1. The van der Waals surface area contributed by atoms with Gasteiger partial charge in [0.05, 0.1) is 6.10 Å². The monoisotopic (exact) mass is 347 g/mol. The highest BCUT2D eigenvalue weighted by molar-refractivity contribution is 6.74. The van der Waals surface area contributed by atoms with Crippen molar-refractivity contribution in [2.24, 2.45) is 11.3 Å². The molecule has 2 aliphatic rings. The maximum absolute atomic E-state index is 12.8. The van der Waals surface area contributed by atoms with Gasteiger partial charge in [-0.2, -0.15) is 0 Å². The molecule has 4 nitrogen and oxygen atoms in total. The second-order valence-electron chi connectivity index (χ2n) is 8.64. The van der Waals surface area contributed by atoms with Crippen molar-refractivity contribution in [1.29, 1.82) is 0 Å². The summed E-state index contributed by atoms with van der Waals surface area (Å²) < 4.78 is 12.2. The van der Waals surface area contributed by atoms with Gasteiger partial charge in [0.15, 0.2) is 8.32 Å². The van der Waals surface area contributed by atoms with Gasteiger partial charge in [-0.25, -0.2) is 0 Å². The molecule has 3 unspecified atom stereocenters. The number of carbonyl (C=O) groups is 1. The zero-order valence-electron chi connectivity index (χ0n) is 15.4. The van der Waals surface area contributed by atoms with Crippen LogP contribution in [0.4, 0.5) is 0 Å². The average molecular weight is 348 g/mol. The molecular weight excluding hydrogens is 318 g/mol. The fourth-order valence-corrected chi connectivity index (χ4v) is 4.68. The molecule has 1 heterocycles. The lowest BCUT2D eigenvalue weighted by Crippen LogP contribution is -2.44. The number of hydrogen-bond acceptors (Lipinski definition) is 4. The van der Waals surface area contributed by atoms with Crippen LogP contribution in [0.2, 0.25) is 18.1 Å². The molecule has 3 rings (SSSR count). The van der Waals surface area contributed by atoms with E-state index in [2.05, 4.69) is 39.2 Å². The lowest BCUT2D eigenvalue weighted by Gasteiger charge is -2.37. The molecule has 1 N–H and O–H groups in total. The summed E-state index contributed by atoms with van der Waals surface area (Å²) in [6.45, 7) is 13.0. The quantitative estimate of drug-likeness (QED) is 0.655. The molecule has 5 heteroatoms. The minimum atomic E-state index is -1.89. The number of fused-ring (bicyclic) bond motifs is 1. The van der Waals surface area contributed by atoms with Crippen LogP contribution in [0.5, 0.6) is 0 Å². The zero-order chi connectivity index (χ0) is 17.6. The van der Waals surface area contributed by atoms with Crippen molar-refractivity contribution in [2.45, 2.75) is 51.6 Å². The average Bonchev–Trinajstić information content (AvgIpc) is 2.91. The highest BCUT2D eigenvalue weighted by Crippen LogP contribution is 2.60. The molecule has 3 atom stereocenters. The van der Waals surface area contributed by atoms with E-state index in [0.29, 0.717) is 13.2 Å². The van der Waals surface area contributed by atoms with E-state index < -0.39 is 13.7 Å². The Morgan fingerprint density at radius 3 is 2.58 bits per heavy atom. The van der Waals surface area contributed by atoms with Gasteiger partial charge in [-0.1, -0.05) is 51.1 Å². The largest absolute Gasteiger partial charge is 0.460 e. The first-order chi connectivity index (χ1) is 11.2. The number of carbonyl (C=O) groups excluding carboxylic acids is 1. The Kier molecular flexibility index (Phi) is 4.39. The molecule has 0 aromatic heterocycles. The van der Waals surface area contributed by atoms with Crippen molar-refractivity contribution in [2.75, 3.05) is 13.1 Å². The van der Waals surface area contributed by atoms with Crippen LogP contribution >= 0.6 is 0 Å². The fourth-order valence-electron chi connectivity index (χ4n) is 3.31. The molecule has 0 amide bonds. The van der Waals surface area contributed by atoms with E-state index in [0.717, 1.165) is 12.1 Å². The van der Waals surface area contributed by atoms with Crippen LogP contribution in [-0.2, 0) is 20.6 Å². The fraction of sp³-hybridized carbons (Fsp3) is 0.632. The van der Waals surface area contributed by atoms with Gasteiger partial charge in [-0.3, -0.25) is 4.79 Å². The summed E-state index contributed by atoms with van der Waals surface area (Å²) in [6.07, 6.45) is 0.0166. The van der Waals surface area contributed by atoms with E-state index in [1.54, 1.807) is 0 Å². The zero-order valence-corrected chi connectivity index (χ0v) is 16.4. The Hall–Kier alpha value is -1.17.